The fourth-order valence-electron chi connectivity index (χ4n) is 1.62. The molecule has 1 saturated carbocycles. The third kappa shape index (κ3) is 3.67. The Labute approximate surface area is 115 Å². The minimum atomic E-state index is -4.06. The summed E-state index contributed by atoms with van der Waals surface area (Å²) in [5.41, 5.74) is 0.0631. The number of rotatable bonds is 4. The molecule has 0 aliphatic heterocycles. The van der Waals surface area contributed by atoms with Gasteiger partial charge in [-0.1, -0.05) is 6.92 Å². The first-order valence-electron chi connectivity index (χ1n) is 5.73. The highest BCUT2D eigenvalue weighted by molar-refractivity contribution is 8.13. The zero-order valence-electron chi connectivity index (χ0n) is 10.2. The van der Waals surface area contributed by atoms with Gasteiger partial charge in [-0.15, -0.1) is 0 Å². The Morgan fingerprint density at radius 2 is 2.05 bits per heavy atom. The van der Waals surface area contributed by atoms with Crippen LogP contribution in [0.4, 0.5) is 4.39 Å². The molecular weight excluding hydrogens is 293 g/mol. The molecule has 1 aromatic carbocycles. The second-order valence-corrected chi connectivity index (χ2v) is 7.67. The van der Waals surface area contributed by atoms with Gasteiger partial charge in [0.2, 0.25) is 0 Å². The fraction of sp³-hybridized carbons (Fsp3) is 0.417. The molecule has 1 fully saturated rings. The van der Waals surface area contributed by atoms with E-state index in [9.17, 15) is 17.6 Å². The van der Waals surface area contributed by atoms with Crippen molar-refractivity contribution in [2.24, 2.45) is 5.41 Å². The molecule has 1 aliphatic carbocycles. The van der Waals surface area contributed by atoms with Crippen molar-refractivity contribution in [3.63, 3.8) is 0 Å². The van der Waals surface area contributed by atoms with Crippen molar-refractivity contribution in [1.29, 1.82) is 0 Å². The van der Waals surface area contributed by atoms with Crippen LogP contribution in [0.5, 0.6) is 0 Å². The van der Waals surface area contributed by atoms with Crippen LogP contribution in [0.15, 0.2) is 23.1 Å². The molecule has 0 aromatic heterocycles. The highest BCUT2D eigenvalue weighted by Gasteiger charge is 2.37. The van der Waals surface area contributed by atoms with E-state index in [0.717, 1.165) is 31.0 Å². The number of amides is 1. The van der Waals surface area contributed by atoms with Gasteiger partial charge in [-0.05, 0) is 36.5 Å². The third-order valence-electron chi connectivity index (χ3n) is 3.19. The first-order valence-corrected chi connectivity index (χ1v) is 8.04. The molecule has 0 unspecified atom stereocenters. The molecule has 0 spiro atoms. The number of carbonyl (C=O) groups excluding carboxylic acids is 1. The van der Waals surface area contributed by atoms with E-state index >= 15 is 0 Å². The maximum absolute atomic E-state index is 13.3. The van der Waals surface area contributed by atoms with E-state index in [0.29, 0.717) is 6.54 Å². The van der Waals surface area contributed by atoms with Gasteiger partial charge in [0.15, 0.2) is 0 Å². The minimum absolute atomic E-state index is 0.0523. The first kappa shape index (κ1) is 14.3. The van der Waals surface area contributed by atoms with Crippen molar-refractivity contribution in [3.05, 3.63) is 29.6 Å². The largest absolute Gasteiger partial charge is 0.351 e. The summed E-state index contributed by atoms with van der Waals surface area (Å²) in [5, 5.41) is 2.66. The van der Waals surface area contributed by atoms with Crippen LogP contribution in [0.3, 0.4) is 0 Å². The van der Waals surface area contributed by atoms with Crippen LogP contribution in [0, 0.1) is 11.2 Å². The zero-order chi connectivity index (χ0) is 14.3. The van der Waals surface area contributed by atoms with Crippen molar-refractivity contribution in [2.45, 2.75) is 24.7 Å². The predicted octanol–water partition coefficient (Wildman–Crippen LogP) is 2.28. The lowest BCUT2D eigenvalue weighted by atomic mass is 10.1. The van der Waals surface area contributed by atoms with Crippen molar-refractivity contribution >= 4 is 25.6 Å². The van der Waals surface area contributed by atoms with Crippen LogP contribution in [0.2, 0.25) is 0 Å². The Hall–Kier alpha value is -1.14. The third-order valence-corrected chi connectivity index (χ3v) is 4.53. The lowest BCUT2D eigenvalue weighted by Crippen LogP contribution is -2.29. The summed E-state index contributed by atoms with van der Waals surface area (Å²) in [6, 6.07) is 2.83. The van der Waals surface area contributed by atoms with Crippen molar-refractivity contribution < 1.29 is 17.6 Å². The van der Waals surface area contributed by atoms with Gasteiger partial charge < -0.3 is 5.32 Å². The molecule has 4 nitrogen and oxygen atoms in total. The lowest BCUT2D eigenvalue weighted by molar-refractivity contribution is 0.0945. The average molecular weight is 306 g/mol. The van der Waals surface area contributed by atoms with Crippen molar-refractivity contribution in [2.75, 3.05) is 6.54 Å². The molecule has 1 amide bonds. The highest BCUT2D eigenvalue weighted by Crippen LogP contribution is 2.44. The van der Waals surface area contributed by atoms with Gasteiger partial charge in [0, 0.05) is 22.8 Å². The number of nitrogens with one attached hydrogen (secondary N) is 1. The lowest BCUT2D eigenvalue weighted by Gasteiger charge is -2.10. The van der Waals surface area contributed by atoms with Crippen LogP contribution < -0.4 is 5.32 Å². The maximum atomic E-state index is 13.3. The quantitative estimate of drug-likeness (QED) is 0.868. The SMILES string of the molecule is CC1(CNC(=O)c2cc(F)cc(S(=O)(=O)Cl)c2)CC1. The molecule has 104 valence electrons. The number of halogens is 2. The summed E-state index contributed by atoms with van der Waals surface area (Å²) < 4.78 is 35.6. The summed E-state index contributed by atoms with van der Waals surface area (Å²) in [6.07, 6.45) is 2.08. The monoisotopic (exact) mass is 305 g/mol. The van der Waals surface area contributed by atoms with Gasteiger partial charge in [0.25, 0.3) is 15.0 Å². The summed E-state index contributed by atoms with van der Waals surface area (Å²) in [6.45, 7) is 2.53. The molecule has 0 saturated heterocycles. The Morgan fingerprint density at radius 3 is 2.58 bits per heavy atom. The average Bonchev–Trinajstić information content (AvgIpc) is 3.03. The second-order valence-electron chi connectivity index (χ2n) is 5.11. The van der Waals surface area contributed by atoms with Crippen LogP contribution in [0.1, 0.15) is 30.1 Å². The molecule has 0 heterocycles. The molecule has 7 heteroatoms. The van der Waals surface area contributed by atoms with Crippen LogP contribution in [-0.4, -0.2) is 20.9 Å². The second kappa shape index (κ2) is 4.76. The fourth-order valence-corrected chi connectivity index (χ4v) is 2.41. The molecule has 0 bridgehead atoms. The highest BCUT2D eigenvalue weighted by atomic mass is 35.7. The summed E-state index contributed by atoms with van der Waals surface area (Å²) in [7, 11) is 1.08. The normalized spacial score (nSPS) is 17.0. The Balaban J connectivity index is 2.19. The van der Waals surface area contributed by atoms with Crippen LogP contribution in [0.25, 0.3) is 0 Å². The topological polar surface area (TPSA) is 63.2 Å². The van der Waals surface area contributed by atoms with Gasteiger partial charge in [0.1, 0.15) is 5.82 Å². The molecule has 0 radical (unpaired) electrons. The van der Waals surface area contributed by atoms with Gasteiger partial charge >= 0.3 is 0 Å². The Morgan fingerprint density at radius 1 is 1.42 bits per heavy atom. The predicted molar refractivity (Wildman–Crippen MR) is 69.1 cm³/mol. The maximum Gasteiger partial charge on any atom is 0.261 e. The standard InChI is InChI=1S/C12H13ClFNO3S/c1-12(2-3-12)7-15-11(16)8-4-9(14)6-10(5-8)19(13,17)18/h4-6H,2-3,7H2,1H3,(H,15,16). The summed E-state index contributed by atoms with van der Waals surface area (Å²) >= 11 is 0. The molecule has 1 aliphatic rings. The zero-order valence-corrected chi connectivity index (χ0v) is 11.8. The summed E-state index contributed by atoms with van der Waals surface area (Å²) in [4.78, 5) is 11.4. The van der Waals surface area contributed by atoms with E-state index < -0.39 is 25.7 Å². The Bertz CT molecular complexity index is 626. The van der Waals surface area contributed by atoms with Gasteiger partial charge in [0.05, 0.1) is 4.90 Å². The van der Waals surface area contributed by atoms with Gasteiger partial charge in [-0.2, -0.15) is 0 Å². The van der Waals surface area contributed by atoms with E-state index in [-0.39, 0.29) is 11.0 Å². The smallest absolute Gasteiger partial charge is 0.261 e. The molecule has 19 heavy (non-hydrogen) atoms. The minimum Gasteiger partial charge on any atom is -0.351 e. The van der Waals surface area contributed by atoms with E-state index in [1.54, 1.807) is 0 Å². The van der Waals surface area contributed by atoms with E-state index in [2.05, 4.69) is 5.32 Å². The summed E-state index contributed by atoms with van der Waals surface area (Å²) in [5.74, 6) is -1.32. The molecular formula is C12H13ClFNO3S. The number of benzene rings is 1. The first-order chi connectivity index (χ1) is 8.70. The van der Waals surface area contributed by atoms with E-state index in [4.69, 9.17) is 10.7 Å². The molecule has 2 rings (SSSR count). The van der Waals surface area contributed by atoms with Crippen LogP contribution in [-0.2, 0) is 9.05 Å². The number of hydrogen-bond donors (Lipinski definition) is 1. The number of hydrogen-bond acceptors (Lipinski definition) is 3. The van der Waals surface area contributed by atoms with E-state index in [1.165, 1.54) is 0 Å². The van der Waals surface area contributed by atoms with E-state index in [1.807, 2.05) is 6.92 Å². The molecule has 0 atom stereocenters. The van der Waals surface area contributed by atoms with Gasteiger partial charge in [-0.3, -0.25) is 4.79 Å². The van der Waals surface area contributed by atoms with Gasteiger partial charge in [-0.25, -0.2) is 12.8 Å². The van der Waals surface area contributed by atoms with Crippen molar-refractivity contribution in [1.82, 2.24) is 5.32 Å². The van der Waals surface area contributed by atoms with Crippen LogP contribution >= 0.6 is 10.7 Å². The van der Waals surface area contributed by atoms with Crippen molar-refractivity contribution in [3.8, 4) is 0 Å². The number of carbonyl (C=O) groups is 1. The molecule has 1 aromatic rings. The Kier molecular flexibility index (Phi) is 3.57. The molecule has 1 N–H and O–H groups in total.